The number of nitrogens with zero attached hydrogens (tertiary/aromatic N) is 2. The second-order valence-corrected chi connectivity index (χ2v) is 6.92. The summed E-state index contributed by atoms with van der Waals surface area (Å²) in [6.07, 6.45) is 2.83. The van der Waals surface area contributed by atoms with Crippen LogP contribution in [0.2, 0.25) is 0 Å². The number of hydrogen-bond acceptors (Lipinski definition) is 3. The van der Waals surface area contributed by atoms with Crippen molar-refractivity contribution in [3.05, 3.63) is 56.1 Å². The topological polar surface area (TPSA) is 87.5 Å². The van der Waals surface area contributed by atoms with Crippen molar-refractivity contribution in [3.63, 3.8) is 0 Å². The number of nitrogens with one attached hydrogen (secondary N) is 1. The maximum atomic E-state index is 12.2. The molecule has 0 amide bonds. The third-order valence-corrected chi connectivity index (χ3v) is 5.39. The van der Waals surface area contributed by atoms with E-state index in [0.29, 0.717) is 5.69 Å². The second-order valence-electron chi connectivity index (χ2n) is 6.92. The third-order valence-electron chi connectivity index (χ3n) is 5.39. The molecule has 2 N–H and O–H groups in total. The molecule has 1 aliphatic carbocycles. The third kappa shape index (κ3) is 2.06. The maximum absolute atomic E-state index is 12.2. The Kier molecular flexibility index (Phi) is 3.16. The molecule has 1 unspecified atom stereocenters. The van der Waals surface area contributed by atoms with Gasteiger partial charge in [0, 0.05) is 6.20 Å². The number of carboxylic acid groups (broad SMARTS) is 1. The van der Waals surface area contributed by atoms with Gasteiger partial charge in [0.1, 0.15) is 16.9 Å². The Morgan fingerprint density at radius 3 is 2.72 bits per heavy atom. The number of H-pyrrole nitrogens is 1. The molecule has 0 spiro atoms. The van der Waals surface area contributed by atoms with Crippen LogP contribution in [0.5, 0.6) is 0 Å². The molecule has 0 saturated heterocycles. The first kappa shape index (κ1) is 15.6. The van der Waals surface area contributed by atoms with Crippen LogP contribution in [-0.2, 0) is 6.42 Å². The second kappa shape index (κ2) is 5.05. The largest absolute Gasteiger partial charge is 0.477 e. The van der Waals surface area contributed by atoms with Crippen molar-refractivity contribution in [2.24, 2.45) is 0 Å². The van der Waals surface area contributed by atoms with Gasteiger partial charge in [-0.15, -0.1) is 0 Å². The summed E-state index contributed by atoms with van der Waals surface area (Å²) in [5.74, 6) is -1.11. The maximum Gasteiger partial charge on any atom is 0.341 e. The van der Waals surface area contributed by atoms with Crippen LogP contribution in [0, 0.1) is 20.8 Å². The summed E-state index contributed by atoms with van der Waals surface area (Å²) >= 11 is 0. The van der Waals surface area contributed by atoms with Crippen molar-refractivity contribution in [1.82, 2.24) is 14.4 Å². The molecule has 0 saturated carbocycles. The fraction of sp³-hybridized carbons (Fsp3) is 0.316. The first-order valence-corrected chi connectivity index (χ1v) is 8.28. The van der Waals surface area contributed by atoms with E-state index < -0.39 is 11.5 Å². The van der Waals surface area contributed by atoms with E-state index in [0.717, 1.165) is 34.6 Å². The van der Waals surface area contributed by atoms with Gasteiger partial charge < -0.3 is 14.5 Å². The summed E-state index contributed by atoms with van der Waals surface area (Å²) in [5.41, 5.74) is 6.87. The van der Waals surface area contributed by atoms with Gasteiger partial charge in [-0.1, -0.05) is 6.92 Å². The van der Waals surface area contributed by atoms with Crippen molar-refractivity contribution in [2.75, 3.05) is 0 Å². The minimum absolute atomic E-state index is 0.0965. The Morgan fingerprint density at radius 1 is 1.32 bits per heavy atom. The number of rotatable bonds is 1. The molecule has 3 aromatic rings. The zero-order valence-electron chi connectivity index (χ0n) is 14.6. The molecule has 0 aromatic carbocycles. The van der Waals surface area contributed by atoms with Crippen molar-refractivity contribution in [3.8, 4) is 11.4 Å². The number of aromatic carboxylic acids is 1. The highest BCUT2D eigenvalue weighted by atomic mass is 16.4. The predicted octanol–water partition coefficient (Wildman–Crippen LogP) is 2.97. The highest BCUT2D eigenvalue weighted by Crippen LogP contribution is 2.38. The van der Waals surface area contributed by atoms with Gasteiger partial charge in [-0.2, -0.15) is 0 Å². The number of pyridine rings is 2. The van der Waals surface area contributed by atoms with Crippen LogP contribution in [0.15, 0.2) is 17.1 Å². The molecule has 3 aromatic heterocycles. The molecule has 128 valence electrons. The molecule has 0 bridgehead atoms. The van der Waals surface area contributed by atoms with Crippen LogP contribution in [-0.4, -0.2) is 25.4 Å². The van der Waals surface area contributed by atoms with E-state index in [1.54, 1.807) is 0 Å². The van der Waals surface area contributed by atoms with Crippen molar-refractivity contribution in [2.45, 2.75) is 40.0 Å². The van der Waals surface area contributed by atoms with Crippen molar-refractivity contribution >= 4 is 11.6 Å². The van der Waals surface area contributed by atoms with Gasteiger partial charge in [0.15, 0.2) is 0 Å². The Morgan fingerprint density at radius 2 is 2.04 bits per heavy atom. The summed E-state index contributed by atoms with van der Waals surface area (Å²) in [4.78, 5) is 31.0. The van der Waals surface area contributed by atoms with E-state index in [-0.39, 0.29) is 11.5 Å². The molecule has 4 rings (SSSR count). The van der Waals surface area contributed by atoms with Gasteiger partial charge in [-0.05, 0) is 61.4 Å². The Labute approximate surface area is 144 Å². The standard InChI is InChI=1S/C19H19N3O3/c1-8-5-14-16(15-12(8)6-13(19(24)25)18(23)21-15)20-17-11(4)10(3)9(2)7-22(14)17/h6-8H,5H2,1-4H3,(H,21,23)(H,24,25). The molecule has 1 aliphatic rings. The number of hydrogen-bond donors (Lipinski definition) is 2. The van der Waals surface area contributed by atoms with Gasteiger partial charge >= 0.3 is 5.97 Å². The number of aromatic amines is 1. The van der Waals surface area contributed by atoms with E-state index in [9.17, 15) is 14.7 Å². The monoisotopic (exact) mass is 337 g/mol. The Balaban J connectivity index is 2.08. The molecule has 6 heteroatoms. The molecule has 0 fully saturated rings. The molecule has 3 heterocycles. The number of aromatic nitrogens is 3. The summed E-state index contributed by atoms with van der Waals surface area (Å²) < 4.78 is 2.11. The first-order chi connectivity index (χ1) is 11.8. The van der Waals surface area contributed by atoms with Crippen LogP contribution < -0.4 is 5.56 Å². The van der Waals surface area contributed by atoms with Gasteiger partial charge in [0.2, 0.25) is 0 Å². The Hall–Kier alpha value is -2.89. The number of fused-ring (bicyclic) bond motifs is 5. The van der Waals surface area contributed by atoms with E-state index in [1.807, 2.05) is 6.92 Å². The number of aryl methyl sites for hydroxylation is 2. The molecular formula is C19H19N3O3. The molecular weight excluding hydrogens is 318 g/mol. The molecule has 25 heavy (non-hydrogen) atoms. The minimum atomic E-state index is -1.21. The molecule has 0 aliphatic heterocycles. The van der Waals surface area contributed by atoms with Crippen molar-refractivity contribution in [1.29, 1.82) is 0 Å². The van der Waals surface area contributed by atoms with Gasteiger partial charge in [0.05, 0.1) is 11.4 Å². The van der Waals surface area contributed by atoms with E-state index in [4.69, 9.17) is 4.98 Å². The lowest BCUT2D eigenvalue weighted by Gasteiger charge is -2.22. The van der Waals surface area contributed by atoms with Crippen LogP contribution in [0.3, 0.4) is 0 Å². The average Bonchev–Trinajstić information content (AvgIpc) is 2.91. The molecule has 1 atom stereocenters. The fourth-order valence-electron chi connectivity index (χ4n) is 3.71. The van der Waals surface area contributed by atoms with E-state index >= 15 is 0 Å². The quantitative estimate of drug-likeness (QED) is 0.714. The zero-order chi connectivity index (χ0) is 18.0. The van der Waals surface area contributed by atoms with Crippen molar-refractivity contribution < 1.29 is 9.90 Å². The van der Waals surface area contributed by atoms with E-state index in [2.05, 4.69) is 36.4 Å². The average molecular weight is 337 g/mol. The summed E-state index contributed by atoms with van der Waals surface area (Å²) in [6.45, 7) is 8.25. The van der Waals surface area contributed by atoms with E-state index in [1.165, 1.54) is 17.2 Å². The lowest BCUT2D eigenvalue weighted by molar-refractivity contribution is 0.0695. The number of imidazole rings is 1. The highest BCUT2D eigenvalue weighted by molar-refractivity contribution is 5.88. The summed E-state index contributed by atoms with van der Waals surface area (Å²) in [7, 11) is 0. The predicted molar refractivity (Wildman–Crippen MR) is 94.5 cm³/mol. The SMILES string of the molecule is Cc1cn2c3c(nc2c(C)c1C)-c1[nH]c(=O)c(C(=O)O)cc1C(C)C3. The van der Waals surface area contributed by atoms with Crippen LogP contribution in [0.4, 0.5) is 0 Å². The van der Waals surface area contributed by atoms with Crippen LogP contribution in [0.25, 0.3) is 17.0 Å². The minimum Gasteiger partial charge on any atom is -0.477 e. The number of carboxylic acids is 1. The summed E-state index contributed by atoms with van der Waals surface area (Å²) in [6, 6.07) is 1.50. The first-order valence-electron chi connectivity index (χ1n) is 8.28. The Bertz CT molecular complexity index is 1120. The normalized spacial score (nSPS) is 15.9. The highest BCUT2D eigenvalue weighted by Gasteiger charge is 2.29. The van der Waals surface area contributed by atoms with Gasteiger partial charge in [-0.25, -0.2) is 9.78 Å². The smallest absolute Gasteiger partial charge is 0.341 e. The lowest BCUT2D eigenvalue weighted by Crippen LogP contribution is -2.22. The van der Waals surface area contributed by atoms with Gasteiger partial charge in [0.25, 0.3) is 5.56 Å². The molecule has 6 nitrogen and oxygen atoms in total. The summed E-state index contributed by atoms with van der Waals surface area (Å²) in [5, 5.41) is 9.22. The van der Waals surface area contributed by atoms with Crippen LogP contribution >= 0.6 is 0 Å². The zero-order valence-corrected chi connectivity index (χ0v) is 14.6. The lowest BCUT2D eigenvalue weighted by atomic mass is 9.86. The van der Waals surface area contributed by atoms with Crippen LogP contribution in [0.1, 0.15) is 51.1 Å². The van der Waals surface area contributed by atoms with Gasteiger partial charge in [-0.3, -0.25) is 4.79 Å². The number of carbonyl (C=O) groups is 1. The fourth-order valence-corrected chi connectivity index (χ4v) is 3.71. The molecule has 0 radical (unpaired) electrons.